The van der Waals surface area contributed by atoms with Crippen LogP contribution in [-0.2, 0) is 25.8 Å². The third-order valence-electron chi connectivity index (χ3n) is 2.00. The number of hydrogen-bond donors (Lipinski definition) is 2. The molecule has 0 atom stereocenters. The molecular weight excluding hydrogens is 304 g/mol. The molecule has 0 saturated heterocycles. The van der Waals surface area contributed by atoms with Crippen LogP contribution < -0.4 is 14.6 Å². The fourth-order valence-electron chi connectivity index (χ4n) is 1.22. The number of halogens is 1. The lowest BCUT2D eigenvalue weighted by Crippen LogP contribution is -2.30. The lowest BCUT2D eigenvalue weighted by Gasteiger charge is -2.09. The molecule has 0 unspecified atom stereocenters. The first-order valence-electron chi connectivity index (χ1n) is 4.52. The van der Waals surface area contributed by atoms with Crippen LogP contribution in [0.2, 0.25) is 0 Å². The van der Waals surface area contributed by atoms with E-state index in [2.05, 4.69) is 0 Å². The van der Waals surface area contributed by atoms with E-state index in [0.717, 1.165) is 0 Å². The van der Waals surface area contributed by atoms with Crippen molar-refractivity contribution in [1.29, 1.82) is 0 Å². The molecule has 0 radical (unpaired) electrons. The van der Waals surface area contributed by atoms with Crippen molar-refractivity contribution in [1.82, 2.24) is 4.72 Å². The third-order valence-corrected chi connectivity index (χ3v) is 3.90. The van der Waals surface area contributed by atoms with E-state index in [-0.39, 0.29) is 11.4 Å². The molecule has 0 heterocycles. The minimum Gasteiger partial charge on any atom is -0.496 e. The maximum absolute atomic E-state index is 11.1. The van der Waals surface area contributed by atoms with Gasteiger partial charge in [0.25, 0.3) is 19.3 Å². The topological polar surface area (TPSA) is 116 Å². The Morgan fingerprint density at radius 1 is 1.33 bits per heavy atom. The highest BCUT2D eigenvalue weighted by atomic mass is 35.7. The number of hydrogen-bond acceptors (Lipinski definition) is 5. The Kier molecular flexibility index (Phi) is 4.56. The van der Waals surface area contributed by atoms with Gasteiger partial charge in [0.1, 0.15) is 5.75 Å². The summed E-state index contributed by atoms with van der Waals surface area (Å²) >= 11 is 0. The largest absolute Gasteiger partial charge is 0.496 e. The Bertz CT molecular complexity index is 641. The third kappa shape index (κ3) is 4.42. The molecule has 0 aliphatic heterocycles. The van der Waals surface area contributed by atoms with Crippen LogP contribution >= 0.6 is 10.7 Å². The second kappa shape index (κ2) is 5.41. The Morgan fingerprint density at radius 2 is 1.94 bits per heavy atom. The molecule has 1 aromatic carbocycles. The van der Waals surface area contributed by atoms with E-state index in [1.165, 1.54) is 25.3 Å². The van der Waals surface area contributed by atoms with Crippen molar-refractivity contribution in [2.45, 2.75) is 11.4 Å². The van der Waals surface area contributed by atoms with Crippen LogP contribution in [-0.4, -0.2) is 23.9 Å². The molecule has 0 aliphatic rings. The number of rotatable bonds is 5. The summed E-state index contributed by atoms with van der Waals surface area (Å²) in [6, 6.07) is 3.83. The maximum atomic E-state index is 11.1. The molecule has 10 heteroatoms. The zero-order chi connectivity index (χ0) is 14.0. The van der Waals surface area contributed by atoms with E-state index in [1.54, 1.807) is 0 Å². The lowest BCUT2D eigenvalue weighted by atomic mass is 10.2. The van der Waals surface area contributed by atoms with Gasteiger partial charge < -0.3 is 4.74 Å². The summed E-state index contributed by atoms with van der Waals surface area (Å²) in [6.07, 6.45) is 0. The molecule has 0 bridgehead atoms. The van der Waals surface area contributed by atoms with E-state index in [0.29, 0.717) is 11.3 Å². The van der Waals surface area contributed by atoms with Crippen LogP contribution in [0.3, 0.4) is 0 Å². The quantitative estimate of drug-likeness (QED) is 0.737. The van der Waals surface area contributed by atoms with Crippen LogP contribution in [0.1, 0.15) is 5.56 Å². The van der Waals surface area contributed by atoms with Crippen LogP contribution in [0.15, 0.2) is 23.1 Å². The average molecular weight is 315 g/mol. The maximum Gasteiger partial charge on any atom is 0.274 e. The smallest absolute Gasteiger partial charge is 0.274 e. The van der Waals surface area contributed by atoms with Gasteiger partial charge >= 0.3 is 0 Å². The number of ether oxygens (including phenoxy) is 1. The van der Waals surface area contributed by atoms with Gasteiger partial charge in [-0.2, -0.15) is 13.1 Å². The molecule has 0 fully saturated rings. The zero-order valence-corrected chi connectivity index (χ0v) is 11.6. The van der Waals surface area contributed by atoms with Gasteiger partial charge in [0.15, 0.2) is 0 Å². The van der Waals surface area contributed by atoms with Gasteiger partial charge in [-0.1, -0.05) is 0 Å². The van der Waals surface area contributed by atoms with Crippen molar-refractivity contribution in [3.05, 3.63) is 23.8 Å². The zero-order valence-electron chi connectivity index (χ0n) is 9.25. The van der Waals surface area contributed by atoms with Crippen LogP contribution in [0.4, 0.5) is 0 Å². The predicted molar refractivity (Wildman–Crippen MR) is 66.0 cm³/mol. The molecule has 0 aliphatic carbocycles. The lowest BCUT2D eigenvalue weighted by molar-refractivity contribution is 0.408. The Hall–Kier alpha value is -0.870. The van der Waals surface area contributed by atoms with Gasteiger partial charge in [-0.3, -0.25) is 0 Å². The summed E-state index contributed by atoms with van der Waals surface area (Å²) in [7, 11) is -1.23. The number of methoxy groups -OCH3 is 1. The normalized spacial score (nSPS) is 12.4. The second-order valence-corrected chi connectivity index (χ2v) is 7.22. The molecule has 102 valence electrons. The first-order valence-corrected chi connectivity index (χ1v) is 8.38. The van der Waals surface area contributed by atoms with Crippen LogP contribution in [0.25, 0.3) is 0 Å². The predicted octanol–water partition coefficient (Wildman–Crippen LogP) is -0.0842. The fourth-order valence-corrected chi connectivity index (χ4v) is 2.38. The molecule has 0 saturated carbocycles. The van der Waals surface area contributed by atoms with Crippen molar-refractivity contribution in [3.63, 3.8) is 0 Å². The van der Waals surface area contributed by atoms with E-state index in [1.807, 2.05) is 4.72 Å². The Labute approximate surface area is 109 Å². The molecule has 0 aromatic heterocycles. The summed E-state index contributed by atoms with van der Waals surface area (Å²) in [4.78, 5) is -0.156. The van der Waals surface area contributed by atoms with Gasteiger partial charge in [-0.05, 0) is 18.2 Å². The van der Waals surface area contributed by atoms with Crippen molar-refractivity contribution in [3.8, 4) is 5.75 Å². The van der Waals surface area contributed by atoms with E-state index < -0.39 is 19.3 Å². The molecule has 3 N–H and O–H groups in total. The van der Waals surface area contributed by atoms with Gasteiger partial charge in [-0.15, -0.1) is 0 Å². The molecule has 7 nitrogen and oxygen atoms in total. The summed E-state index contributed by atoms with van der Waals surface area (Å²) in [6.45, 7) is -0.206. The molecule has 0 amide bonds. The standard InChI is InChI=1S/C8H11ClN2O5S2/c1-16-8-3-2-7(17(9,12)13)4-6(8)5-11-18(10,14)15/h2-4,11H,5H2,1H3,(H2,10,14,15). The Balaban J connectivity index is 3.15. The number of benzene rings is 1. The first kappa shape index (κ1) is 15.2. The highest BCUT2D eigenvalue weighted by Gasteiger charge is 2.14. The molecule has 18 heavy (non-hydrogen) atoms. The highest BCUT2D eigenvalue weighted by molar-refractivity contribution is 8.13. The minimum absolute atomic E-state index is 0.156. The average Bonchev–Trinajstić information content (AvgIpc) is 2.23. The SMILES string of the molecule is COc1ccc(S(=O)(=O)Cl)cc1CNS(N)(=O)=O. The van der Waals surface area contributed by atoms with E-state index >= 15 is 0 Å². The highest BCUT2D eigenvalue weighted by Crippen LogP contribution is 2.24. The minimum atomic E-state index is -3.90. The van der Waals surface area contributed by atoms with Crippen molar-refractivity contribution >= 4 is 29.9 Å². The van der Waals surface area contributed by atoms with Crippen LogP contribution in [0.5, 0.6) is 5.75 Å². The second-order valence-electron chi connectivity index (χ2n) is 3.28. The summed E-state index contributed by atoms with van der Waals surface area (Å²) in [5, 5.41) is 4.77. The summed E-state index contributed by atoms with van der Waals surface area (Å²) in [5.74, 6) is 0.315. The van der Waals surface area contributed by atoms with Gasteiger partial charge in [0, 0.05) is 22.8 Å². The number of nitrogens with two attached hydrogens (primary N) is 1. The first-order chi connectivity index (χ1) is 8.13. The van der Waals surface area contributed by atoms with Crippen LogP contribution in [0, 0.1) is 0 Å². The monoisotopic (exact) mass is 314 g/mol. The fraction of sp³-hybridized carbons (Fsp3) is 0.250. The molecular formula is C8H11ClN2O5S2. The van der Waals surface area contributed by atoms with Gasteiger partial charge in [0.05, 0.1) is 12.0 Å². The van der Waals surface area contributed by atoms with Gasteiger partial charge in [-0.25, -0.2) is 13.6 Å². The van der Waals surface area contributed by atoms with E-state index in [4.69, 9.17) is 20.6 Å². The molecule has 0 spiro atoms. The summed E-state index contributed by atoms with van der Waals surface area (Å²) in [5.41, 5.74) is 0.299. The van der Waals surface area contributed by atoms with Crippen molar-refractivity contribution < 1.29 is 21.6 Å². The van der Waals surface area contributed by atoms with Crippen molar-refractivity contribution in [2.24, 2.45) is 5.14 Å². The van der Waals surface area contributed by atoms with E-state index in [9.17, 15) is 16.8 Å². The number of nitrogens with one attached hydrogen (secondary N) is 1. The van der Waals surface area contributed by atoms with Crippen molar-refractivity contribution in [2.75, 3.05) is 7.11 Å². The van der Waals surface area contributed by atoms with Gasteiger partial charge in [0.2, 0.25) is 0 Å². The Morgan fingerprint density at radius 3 is 2.39 bits per heavy atom. The molecule has 1 aromatic rings. The molecule has 1 rings (SSSR count). The summed E-state index contributed by atoms with van der Waals surface area (Å²) < 4.78 is 50.8.